The lowest BCUT2D eigenvalue weighted by Crippen LogP contribution is -2.55. The maximum atomic E-state index is 11.6. The molecular formula is C13H19N3O2. The van der Waals surface area contributed by atoms with Gasteiger partial charge in [0.05, 0.1) is 5.69 Å². The minimum Gasteiger partial charge on any atom is -0.480 e. The number of aryl methyl sites for hydroxylation is 1. The SMILES string of the molecule is Cc1nccnc1N1CCCC(C)(C)C1C(=O)O. The number of aromatic nitrogens is 2. The van der Waals surface area contributed by atoms with E-state index < -0.39 is 12.0 Å². The molecule has 1 N–H and O–H groups in total. The molecule has 1 aliphatic rings. The molecule has 1 aromatic heterocycles. The molecule has 2 heterocycles. The Kier molecular flexibility index (Phi) is 3.24. The summed E-state index contributed by atoms with van der Waals surface area (Å²) in [6.45, 7) is 6.59. The van der Waals surface area contributed by atoms with E-state index in [0.29, 0.717) is 5.82 Å². The van der Waals surface area contributed by atoms with Gasteiger partial charge in [0.25, 0.3) is 0 Å². The first-order valence-corrected chi connectivity index (χ1v) is 6.20. The maximum absolute atomic E-state index is 11.6. The Labute approximate surface area is 107 Å². The predicted octanol–water partition coefficient (Wildman–Crippen LogP) is 1.86. The van der Waals surface area contributed by atoms with Gasteiger partial charge in [0.2, 0.25) is 0 Å². The van der Waals surface area contributed by atoms with Gasteiger partial charge in [-0.15, -0.1) is 0 Å². The number of carboxylic acids is 1. The van der Waals surface area contributed by atoms with Crippen molar-refractivity contribution in [3.8, 4) is 0 Å². The van der Waals surface area contributed by atoms with E-state index in [2.05, 4.69) is 9.97 Å². The van der Waals surface area contributed by atoms with E-state index in [4.69, 9.17) is 0 Å². The van der Waals surface area contributed by atoms with Gasteiger partial charge in [0.1, 0.15) is 6.04 Å². The summed E-state index contributed by atoms with van der Waals surface area (Å²) in [5.41, 5.74) is 0.523. The Balaban J connectivity index is 2.42. The van der Waals surface area contributed by atoms with Crippen LogP contribution in [-0.4, -0.2) is 33.6 Å². The summed E-state index contributed by atoms with van der Waals surface area (Å²) in [5.74, 6) is -0.0950. The second-order valence-electron chi connectivity index (χ2n) is 5.49. The monoisotopic (exact) mass is 249 g/mol. The van der Waals surface area contributed by atoms with Gasteiger partial charge in [-0.25, -0.2) is 9.78 Å². The lowest BCUT2D eigenvalue weighted by atomic mass is 9.76. The quantitative estimate of drug-likeness (QED) is 0.866. The minimum absolute atomic E-state index is 0.256. The number of aliphatic carboxylic acids is 1. The van der Waals surface area contributed by atoms with Crippen LogP contribution in [0.15, 0.2) is 12.4 Å². The first kappa shape index (κ1) is 12.8. The van der Waals surface area contributed by atoms with Crippen molar-refractivity contribution in [2.45, 2.75) is 39.7 Å². The third kappa shape index (κ3) is 2.17. The molecule has 1 saturated heterocycles. The zero-order valence-corrected chi connectivity index (χ0v) is 11.1. The highest BCUT2D eigenvalue weighted by Crippen LogP contribution is 2.37. The zero-order chi connectivity index (χ0) is 13.3. The van der Waals surface area contributed by atoms with Crippen LogP contribution >= 0.6 is 0 Å². The smallest absolute Gasteiger partial charge is 0.326 e. The number of piperidine rings is 1. The molecule has 98 valence electrons. The van der Waals surface area contributed by atoms with Crippen molar-refractivity contribution in [2.24, 2.45) is 5.41 Å². The van der Waals surface area contributed by atoms with Crippen molar-refractivity contribution < 1.29 is 9.90 Å². The largest absolute Gasteiger partial charge is 0.480 e. The molecule has 5 nitrogen and oxygen atoms in total. The molecule has 1 unspecified atom stereocenters. The summed E-state index contributed by atoms with van der Waals surface area (Å²) < 4.78 is 0. The molecular weight excluding hydrogens is 230 g/mol. The Morgan fingerprint density at radius 3 is 2.72 bits per heavy atom. The van der Waals surface area contributed by atoms with Crippen LogP contribution in [0.5, 0.6) is 0 Å². The topological polar surface area (TPSA) is 66.3 Å². The summed E-state index contributed by atoms with van der Waals surface area (Å²) in [6.07, 6.45) is 5.14. The Bertz CT molecular complexity index is 459. The number of carbonyl (C=O) groups is 1. The van der Waals surface area contributed by atoms with E-state index in [1.165, 1.54) is 0 Å². The molecule has 0 aliphatic carbocycles. The highest BCUT2D eigenvalue weighted by atomic mass is 16.4. The average molecular weight is 249 g/mol. The van der Waals surface area contributed by atoms with E-state index in [9.17, 15) is 9.90 Å². The standard InChI is InChI=1S/C13H19N3O2/c1-9-11(15-7-6-14-9)16-8-4-5-13(2,3)10(16)12(17)18/h6-7,10H,4-5,8H2,1-3H3,(H,17,18). The fourth-order valence-corrected chi connectivity index (χ4v) is 2.77. The van der Waals surface area contributed by atoms with Crippen LogP contribution in [0.3, 0.4) is 0 Å². The average Bonchev–Trinajstić information content (AvgIpc) is 2.27. The van der Waals surface area contributed by atoms with Crippen molar-refractivity contribution >= 4 is 11.8 Å². The summed E-state index contributed by atoms with van der Waals surface area (Å²) >= 11 is 0. The second kappa shape index (κ2) is 4.55. The maximum Gasteiger partial charge on any atom is 0.326 e. The molecule has 5 heteroatoms. The second-order valence-corrected chi connectivity index (χ2v) is 5.49. The van der Waals surface area contributed by atoms with E-state index >= 15 is 0 Å². The predicted molar refractivity (Wildman–Crippen MR) is 68.6 cm³/mol. The Morgan fingerprint density at radius 2 is 2.11 bits per heavy atom. The van der Waals surface area contributed by atoms with Crippen molar-refractivity contribution in [3.63, 3.8) is 0 Å². The van der Waals surface area contributed by atoms with Crippen LogP contribution in [-0.2, 0) is 4.79 Å². The molecule has 0 spiro atoms. The highest BCUT2D eigenvalue weighted by molar-refractivity contribution is 5.79. The number of hydrogen-bond acceptors (Lipinski definition) is 4. The summed E-state index contributed by atoms with van der Waals surface area (Å²) in [6, 6.07) is -0.540. The molecule has 1 atom stereocenters. The van der Waals surface area contributed by atoms with Crippen LogP contribution in [0, 0.1) is 12.3 Å². The molecule has 0 amide bonds. The lowest BCUT2D eigenvalue weighted by Gasteiger charge is -2.44. The van der Waals surface area contributed by atoms with Crippen molar-refractivity contribution in [1.82, 2.24) is 9.97 Å². The molecule has 18 heavy (non-hydrogen) atoms. The van der Waals surface area contributed by atoms with Crippen LogP contribution in [0.2, 0.25) is 0 Å². The van der Waals surface area contributed by atoms with Gasteiger partial charge in [-0.2, -0.15) is 0 Å². The molecule has 1 aliphatic heterocycles. The van der Waals surface area contributed by atoms with Gasteiger partial charge < -0.3 is 10.0 Å². The van der Waals surface area contributed by atoms with E-state index in [1.807, 2.05) is 25.7 Å². The molecule has 1 fully saturated rings. The van der Waals surface area contributed by atoms with Crippen molar-refractivity contribution in [1.29, 1.82) is 0 Å². The molecule has 0 radical (unpaired) electrons. The summed E-state index contributed by atoms with van der Waals surface area (Å²) in [4.78, 5) is 22.0. The number of nitrogens with zero attached hydrogens (tertiary/aromatic N) is 3. The van der Waals surface area contributed by atoms with Crippen LogP contribution in [0.25, 0.3) is 0 Å². The van der Waals surface area contributed by atoms with Gasteiger partial charge in [0, 0.05) is 18.9 Å². The highest BCUT2D eigenvalue weighted by Gasteiger charge is 2.43. The van der Waals surface area contributed by atoms with E-state index in [-0.39, 0.29) is 5.41 Å². The van der Waals surface area contributed by atoms with Crippen molar-refractivity contribution in [2.75, 3.05) is 11.4 Å². The van der Waals surface area contributed by atoms with Crippen molar-refractivity contribution in [3.05, 3.63) is 18.1 Å². The van der Waals surface area contributed by atoms with Gasteiger partial charge >= 0.3 is 5.97 Å². The molecule has 1 aromatic rings. The molecule has 2 rings (SSSR count). The fraction of sp³-hybridized carbons (Fsp3) is 0.615. The van der Waals surface area contributed by atoms with Gasteiger partial charge in [-0.3, -0.25) is 4.98 Å². The molecule has 0 bridgehead atoms. The van der Waals surface area contributed by atoms with Gasteiger partial charge in [0.15, 0.2) is 5.82 Å². The van der Waals surface area contributed by atoms with E-state index in [0.717, 1.165) is 25.1 Å². The zero-order valence-electron chi connectivity index (χ0n) is 11.1. The van der Waals surface area contributed by atoms with Gasteiger partial charge in [-0.05, 0) is 25.2 Å². The first-order valence-electron chi connectivity index (χ1n) is 6.20. The Morgan fingerprint density at radius 1 is 1.44 bits per heavy atom. The van der Waals surface area contributed by atoms with Crippen LogP contribution < -0.4 is 4.90 Å². The minimum atomic E-state index is -0.787. The third-order valence-electron chi connectivity index (χ3n) is 3.63. The third-order valence-corrected chi connectivity index (χ3v) is 3.63. The number of anilines is 1. The summed E-state index contributed by atoms with van der Waals surface area (Å²) in [7, 11) is 0. The lowest BCUT2D eigenvalue weighted by molar-refractivity contribution is -0.142. The number of hydrogen-bond donors (Lipinski definition) is 1. The first-order chi connectivity index (χ1) is 8.43. The van der Waals surface area contributed by atoms with Crippen LogP contribution in [0.4, 0.5) is 5.82 Å². The Hall–Kier alpha value is -1.65. The fourth-order valence-electron chi connectivity index (χ4n) is 2.77. The number of carboxylic acid groups (broad SMARTS) is 1. The summed E-state index contributed by atoms with van der Waals surface area (Å²) in [5, 5.41) is 9.51. The van der Waals surface area contributed by atoms with E-state index in [1.54, 1.807) is 12.4 Å². The molecule has 0 aromatic carbocycles. The molecule has 0 saturated carbocycles. The van der Waals surface area contributed by atoms with Crippen LogP contribution in [0.1, 0.15) is 32.4 Å². The number of rotatable bonds is 2. The van der Waals surface area contributed by atoms with Gasteiger partial charge in [-0.1, -0.05) is 13.8 Å². The normalized spacial score (nSPS) is 22.8.